The van der Waals surface area contributed by atoms with Crippen LogP contribution in [0.2, 0.25) is 0 Å². The minimum absolute atomic E-state index is 0.00125. The van der Waals surface area contributed by atoms with Gasteiger partial charge in [-0.15, -0.1) is 0 Å². The molecule has 6 nitrogen and oxygen atoms in total. The summed E-state index contributed by atoms with van der Waals surface area (Å²) in [5.41, 5.74) is 0.580. The Morgan fingerprint density at radius 1 is 1.22 bits per heavy atom. The minimum atomic E-state index is -3.61. The summed E-state index contributed by atoms with van der Waals surface area (Å²) >= 11 is 0. The van der Waals surface area contributed by atoms with Crippen LogP contribution in [0.3, 0.4) is 0 Å². The third-order valence-electron chi connectivity index (χ3n) is 4.47. The lowest BCUT2D eigenvalue weighted by atomic mass is 10.2. The molecule has 1 atom stereocenters. The van der Waals surface area contributed by atoms with Gasteiger partial charge in [0.1, 0.15) is 5.58 Å². The number of hydrogen-bond acceptors (Lipinski definition) is 5. The minimum Gasteiger partial charge on any atom is -0.443 e. The Morgan fingerprint density at radius 3 is 2.52 bits per heavy atom. The van der Waals surface area contributed by atoms with Crippen molar-refractivity contribution in [3.8, 4) is 0 Å². The summed E-state index contributed by atoms with van der Waals surface area (Å²) < 4.78 is 32.5. The third kappa shape index (κ3) is 3.14. The molecule has 2 heterocycles. The smallest absolute Gasteiger partial charge is 0.276 e. The van der Waals surface area contributed by atoms with E-state index < -0.39 is 10.0 Å². The number of benzene rings is 1. The van der Waals surface area contributed by atoms with Gasteiger partial charge in [0.25, 0.3) is 10.0 Å². The van der Waals surface area contributed by atoms with Crippen LogP contribution in [0.15, 0.2) is 39.8 Å². The maximum Gasteiger partial charge on any atom is 0.276 e. The summed E-state index contributed by atoms with van der Waals surface area (Å²) in [7, 11) is -3.61. The highest BCUT2D eigenvalue weighted by molar-refractivity contribution is 7.89. The fourth-order valence-corrected chi connectivity index (χ4v) is 4.39. The average Bonchev–Trinajstić information content (AvgIpc) is 3.01. The average molecular weight is 338 g/mol. The van der Waals surface area contributed by atoms with Crippen LogP contribution in [0.4, 0.5) is 0 Å². The van der Waals surface area contributed by atoms with Gasteiger partial charge in [-0.2, -0.15) is 4.31 Å². The van der Waals surface area contributed by atoms with E-state index in [1.165, 1.54) is 4.31 Å². The van der Waals surface area contributed by atoms with Gasteiger partial charge in [0.05, 0.1) is 6.61 Å². The van der Waals surface area contributed by atoms with Crippen molar-refractivity contribution in [2.24, 2.45) is 0 Å². The Hall–Kier alpha value is -1.41. The molecule has 0 saturated carbocycles. The van der Waals surface area contributed by atoms with Crippen LogP contribution in [0.1, 0.15) is 13.3 Å². The van der Waals surface area contributed by atoms with Gasteiger partial charge in [0.2, 0.25) is 5.09 Å². The first kappa shape index (κ1) is 16.4. The number of furan rings is 1. The Labute approximate surface area is 136 Å². The standard InChI is InChI=1S/C16H22N2O4S/c1-2-14(12-19)17-7-9-18(10-8-17)23(20,21)16-11-13-5-3-4-6-15(13)22-16/h3-6,11,14,19H,2,7-10,12H2,1H3. The molecule has 0 spiro atoms. The number of piperazine rings is 1. The van der Waals surface area contributed by atoms with Crippen LogP contribution in [0.5, 0.6) is 0 Å². The van der Waals surface area contributed by atoms with Gasteiger partial charge < -0.3 is 9.52 Å². The van der Waals surface area contributed by atoms with Crippen molar-refractivity contribution in [1.82, 2.24) is 9.21 Å². The molecule has 1 aliphatic heterocycles. The molecule has 0 amide bonds. The van der Waals surface area contributed by atoms with E-state index in [2.05, 4.69) is 4.90 Å². The van der Waals surface area contributed by atoms with Crippen LogP contribution in [0, 0.1) is 0 Å². The topological polar surface area (TPSA) is 74.0 Å². The normalized spacial score (nSPS) is 19.2. The lowest BCUT2D eigenvalue weighted by molar-refractivity contribution is 0.0877. The van der Waals surface area contributed by atoms with E-state index in [-0.39, 0.29) is 17.7 Å². The van der Waals surface area contributed by atoms with Gasteiger partial charge in [0, 0.05) is 43.7 Å². The van der Waals surface area contributed by atoms with E-state index >= 15 is 0 Å². The molecule has 1 N–H and O–H groups in total. The lowest BCUT2D eigenvalue weighted by Gasteiger charge is -2.37. The predicted molar refractivity (Wildman–Crippen MR) is 87.7 cm³/mol. The number of aliphatic hydroxyl groups is 1. The number of sulfonamides is 1. The molecular formula is C16H22N2O4S. The second-order valence-corrected chi connectivity index (χ2v) is 7.66. The van der Waals surface area contributed by atoms with Crippen LogP contribution in [-0.2, 0) is 10.0 Å². The summed E-state index contributed by atoms with van der Waals surface area (Å²) in [5.74, 6) is 0. The second-order valence-electron chi connectivity index (χ2n) is 5.79. The SMILES string of the molecule is CCC(CO)N1CCN(S(=O)(=O)c2cc3ccccc3o2)CC1. The van der Waals surface area contributed by atoms with Crippen molar-refractivity contribution in [2.75, 3.05) is 32.8 Å². The van der Waals surface area contributed by atoms with E-state index in [9.17, 15) is 13.5 Å². The largest absolute Gasteiger partial charge is 0.443 e. The Kier molecular flexibility index (Phi) is 4.72. The molecule has 1 fully saturated rings. The zero-order valence-corrected chi connectivity index (χ0v) is 14.0. The molecule has 1 saturated heterocycles. The molecule has 0 radical (unpaired) electrons. The lowest BCUT2D eigenvalue weighted by Crippen LogP contribution is -2.52. The fraction of sp³-hybridized carbons (Fsp3) is 0.500. The van der Waals surface area contributed by atoms with Crippen molar-refractivity contribution < 1.29 is 17.9 Å². The summed E-state index contributed by atoms with van der Waals surface area (Å²) in [4.78, 5) is 2.14. The number of hydrogen-bond donors (Lipinski definition) is 1. The van der Waals surface area contributed by atoms with Crippen molar-refractivity contribution in [3.63, 3.8) is 0 Å². The molecule has 1 aromatic heterocycles. The molecular weight excluding hydrogens is 316 g/mol. The summed E-state index contributed by atoms with van der Waals surface area (Å²) in [6.07, 6.45) is 0.854. The molecule has 0 aliphatic carbocycles. The van der Waals surface area contributed by atoms with Crippen molar-refractivity contribution in [2.45, 2.75) is 24.5 Å². The number of nitrogens with zero attached hydrogens (tertiary/aromatic N) is 2. The predicted octanol–water partition coefficient (Wildman–Crippen LogP) is 1.51. The Balaban J connectivity index is 1.76. The summed E-state index contributed by atoms with van der Waals surface area (Å²) in [6, 6.07) is 8.96. The first-order valence-corrected chi connectivity index (χ1v) is 9.34. The Morgan fingerprint density at radius 2 is 1.91 bits per heavy atom. The maximum atomic E-state index is 12.7. The van der Waals surface area contributed by atoms with Crippen LogP contribution < -0.4 is 0 Å². The van der Waals surface area contributed by atoms with E-state index in [0.717, 1.165) is 11.8 Å². The molecule has 2 aromatic rings. The van der Waals surface area contributed by atoms with Crippen molar-refractivity contribution in [1.29, 1.82) is 0 Å². The molecule has 7 heteroatoms. The number of fused-ring (bicyclic) bond motifs is 1. The maximum absolute atomic E-state index is 12.7. The van der Waals surface area contributed by atoms with E-state index in [0.29, 0.717) is 31.8 Å². The van der Waals surface area contributed by atoms with Gasteiger partial charge in [0.15, 0.2) is 0 Å². The highest BCUT2D eigenvalue weighted by atomic mass is 32.2. The van der Waals surface area contributed by atoms with Crippen molar-refractivity contribution >= 4 is 21.0 Å². The quantitative estimate of drug-likeness (QED) is 0.894. The van der Waals surface area contributed by atoms with E-state index in [1.807, 2.05) is 25.1 Å². The molecule has 1 aliphatic rings. The van der Waals surface area contributed by atoms with Crippen LogP contribution >= 0.6 is 0 Å². The number of aliphatic hydroxyl groups excluding tert-OH is 1. The van der Waals surface area contributed by atoms with E-state index in [1.54, 1.807) is 12.1 Å². The summed E-state index contributed by atoms with van der Waals surface area (Å²) in [5, 5.41) is 10.2. The number of para-hydroxylation sites is 1. The Bertz CT molecular complexity index is 726. The monoisotopic (exact) mass is 338 g/mol. The fourth-order valence-electron chi connectivity index (χ4n) is 3.02. The highest BCUT2D eigenvalue weighted by Gasteiger charge is 2.32. The molecule has 23 heavy (non-hydrogen) atoms. The van der Waals surface area contributed by atoms with Gasteiger partial charge in [-0.05, 0) is 12.5 Å². The van der Waals surface area contributed by atoms with Gasteiger partial charge in [-0.25, -0.2) is 8.42 Å². The van der Waals surface area contributed by atoms with Gasteiger partial charge >= 0.3 is 0 Å². The molecule has 1 unspecified atom stereocenters. The van der Waals surface area contributed by atoms with E-state index in [4.69, 9.17) is 4.42 Å². The highest BCUT2D eigenvalue weighted by Crippen LogP contribution is 2.26. The van der Waals surface area contributed by atoms with Gasteiger partial charge in [-0.1, -0.05) is 25.1 Å². The zero-order chi connectivity index (χ0) is 16.4. The van der Waals surface area contributed by atoms with Crippen molar-refractivity contribution in [3.05, 3.63) is 30.3 Å². The van der Waals surface area contributed by atoms with Crippen LogP contribution in [-0.4, -0.2) is 61.6 Å². The summed E-state index contributed by atoms with van der Waals surface area (Å²) in [6.45, 7) is 4.20. The molecule has 0 bridgehead atoms. The molecule has 126 valence electrons. The number of rotatable bonds is 5. The van der Waals surface area contributed by atoms with Gasteiger partial charge in [-0.3, -0.25) is 4.90 Å². The van der Waals surface area contributed by atoms with Crippen LogP contribution in [0.25, 0.3) is 11.0 Å². The first-order valence-electron chi connectivity index (χ1n) is 7.90. The first-order chi connectivity index (χ1) is 11.1. The second kappa shape index (κ2) is 6.60. The zero-order valence-electron chi connectivity index (χ0n) is 13.2. The third-order valence-corrected chi connectivity index (χ3v) is 6.22. The molecule has 1 aromatic carbocycles. The molecule has 3 rings (SSSR count).